The number of carbonyl (C=O) groups is 1. The molecule has 0 bridgehead atoms. The molecule has 0 radical (unpaired) electrons. The molecule has 4 nitrogen and oxygen atoms in total. The molecule has 0 saturated carbocycles. The second-order valence-electron chi connectivity index (χ2n) is 4.05. The lowest BCUT2D eigenvalue weighted by molar-refractivity contribution is -0.119. The van der Waals surface area contributed by atoms with Crippen LogP contribution in [-0.2, 0) is 4.79 Å². The van der Waals surface area contributed by atoms with Crippen LogP contribution in [0.1, 0.15) is 6.92 Å². The summed E-state index contributed by atoms with van der Waals surface area (Å²) in [6.45, 7) is 2.63. The Balaban J connectivity index is 2.46. The van der Waals surface area contributed by atoms with Crippen LogP contribution in [0.15, 0.2) is 18.2 Å². The molecule has 1 aromatic rings. The number of hydrogen-bond donors (Lipinski definition) is 2. The van der Waals surface area contributed by atoms with Gasteiger partial charge in [-0.2, -0.15) is 0 Å². The van der Waals surface area contributed by atoms with Crippen molar-refractivity contribution >= 4 is 23.0 Å². The molecule has 0 fully saturated rings. The van der Waals surface area contributed by atoms with E-state index >= 15 is 0 Å². The summed E-state index contributed by atoms with van der Waals surface area (Å²) in [5.41, 5.74) is 8.25. The molecular weight excluding hydrogens is 190 g/mol. The van der Waals surface area contributed by atoms with Crippen LogP contribution in [0.2, 0.25) is 0 Å². The standard InChI is InChI=1S/C11H15N3O/c1-7-6-14(2)10-5-8(12)3-4-9(10)13-11(7)15/h3-5,7H,6,12H2,1-2H3,(H,13,15). The average Bonchev–Trinajstić information content (AvgIpc) is 2.28. The van der Waals surface area contributed by atoms with Crippen molar-refractivity contribution in [3.63, 3.8) is 0 Å². The number of nitrogens with zero attached hydrogens (tertiary/aromatic N) is 1. The van der Waals surface area contributed by atoms with Gasteiger partial charge in [0.05, 0.1) is 17.3 Å². The van der Waals surface area contributed by atoms with E-state index in [-0.39, 0.29) is 11.8 Å². The lowest BCUT2D eigenvalue weighted by atomic mass is 10.1. The molecule has 1 atom stereocenters. The number of benzene rings is 1. The van der Waals surface area contributed by atoms with Gasteiger partial charge in [-0.1, -0.05) is 6.92 Å². The minimum atomic E-state index is -0.0105. The van der Waals surface area contributed by atoms with E-state index in [9.17, 15) is 4.79 Å². The zero-order chi connectivity index (χ0) is 11.0. The largest absolute Gasteiger partial charge is 0.399 e. The SMILES string of the molecule is CC1CN(C)c2cc(N)ccc2NC1=O. The van der Waals surface area contributed by atoms with E-state index in [1.165, 1.54) is 0 Å². The van der Waals surface area contributed by atoms with Gasteiger partial charge in [0.25, 0.3) is 0 Å². The Labute approximate surface area is 89.1 Å². The highest BCUT2D eigenvalue weighted by Crippen LogP contribution is 2.30. The first-order valence-electron chi connectivity index (χ1n) is 4.99. The van der Waals surface area contributed by atoms with Crippen molar-refractivity contribution in [3.8, 4) is 0 Å². The highest BCUT2D eigenvalue weighted by molar-refractivity contribution is 5.98. The molecule has 2 rings (SSSR count). The van der Waals surface area contributed by atoms with Gasteiger partial charge >= 0.3 is 0 Å². The van der Waals surface area contributed by atoms with E-state index in [1.807, 2.05) is 31.0 Å². The fourth-order valence-corrected chi connectivity index (χ4v) is 1.82. The Bertz CT molecular complexity index is 403. The lowest BCUT2D eigenvalue weighted by Gasteiger charge is -2.20. The molecule has 1 aromatic carbocycles. The summed E-state index contributed by atoms with van der Waals surface area (Å²) in [6, 6.07) is 5.52. The third-order valence-corrected chi connectivity index (χ3v) is 2.69. The van der Waals surface area contributed by atoms with Crippen molar-refractivity contribution < 1.29 is 4.79 Å². The van der Waals surface area contributed by atoms with Crippen molar-refractivity contribution in [1.82, 2.24) is 0 Å². The van der Waals surface area contributed by atoms with E-state index in [0.29, 0.717) is 12.2 Å². The molecule has 0 saturated heterocycles. The highest BCUT2D eigenvalue weighted by atomic mass is 16.1. The third kappa shape index (κ3) is 1.75. The van der Waals surface area contributed by atoms with Crippen molar-refractivity contribution in [1.29, 1.82) is 0 Å². The van der Waals surface area contributed by atoms with Crippen molar-refractivity contribution in [2.75, 3.05) is 29.5 Å². The second kappa shape index (κ2) is 3.46. The number of nitrogens with two attached hydrogens (primary N) is 1. The predicted octanol–water partition coefficient (Wildman–Crippen LogP) is 1.29. The number of nitrogen functional groups attached to an aromatic ring is 1. The minimum absolute atomic E-state index is 0.0105. The van der Waals surface area contributed by atoms with Crippen LogP contribution < -0.4 is 16.0 Å². The summed E-state index contributed by atoms with van der Waals surface area (Å²) >= 11 is 0. The number of hydrogen-bond acceptors (Lipinski definition) is 3. The molecule has 0 aliphatic carbocycles. The maximum atomic E-state index is 11.6. The van der Waals surface area contributed by atoms with Crippen LogP contribution in [0.25, 0.3) is 0 Å². The summed E-state index contributed by atoms with van der Waals surface area (Å²) < 4.78 is 0. The van der Waals surface area contributed by atoms with Gasteiger partial charge in [0.15, 0.2) is 0 Å². The maximum Gasteiger partial charge on any atom is 0.229 e. The fraction of sp³-hybridized carbons (Fsp3) is 0.364. The van der Waals surface area contributed by atoms with Gasteiger partial charge < -0.3 is 16.0 Å². The molecule has 1 aliphatic heterocycles. The number of amides is 1. The number of nitrogens with one attached hydrogen (secondary N) is 1. The Morgan fingerprint density at radius 2 is 2.27 bits per heavy atom. The molecule has 0 aromatic heterocycles. The molecule has 1 unspecified atom stereocenters. The lowest BCUT2D eigenvalue weighted by Crippen LogP contribution is -2.27. The molecule has 1 amide bonds. The van der Waals surface area contributed by atoms with Crippen LogP contribution in [-0.4, -0.2) is 19.5 Å². The average molecular weight is 205 g/mol. The predicted molar refractivity (Wildman–Crippen MR) is 61.9 cm³/mol. The normalized spacial score (nSPS) is 20.5. The zero-order valence-electron chi connectivity index (χ0n) is 8.95. The maximum absolute atomic E-state index is 11.6. The molecule has 0 spiro atoms. The molecule has 1 heterocycles. The van der Waals surface area contributed by atoms with Gasteiger partial charge in [-0.05, 0) is 18.2 Å². The van der Waals surface area contributed by atoms with Gasteiger partial charge in [0.1, 0.15) is 0 Å². The summed E-state index contributed by atoms with van der Waals surface area (Å²) in [5, 5.41) is 2.89. The number of carbonyl (C=O) groups excluding carboxylic acids is 1. The molecule has 3 N–H and O–H groups in total. The van der Waals surface area contributed by atoms with E-state index in [1.54, 1.807) is 6.07 Å². The molecule has 80 valence electrons. The van der Waals surface area contributed by atoms with Gasteiger partial charge in [-0.25, -0.2) is 0 Å². The van der Waals surface area contributed by atoms with E-state index < -0.39 is 0 Å². The third-order valence-electron chi connectivity index (χ3n) is 2.69. The number of rotatable bonds is 0. The van der Waals surface area contributed by atoms with Crippen LogP contribution >= 0.6 is 0 Å². The second-order valence-corrected chi connectivity index (χ2v) is 4.05. The topological polar surface area (TPSA) is 58.4 Å². The summed E-state index contributed by atoms with van der Waals surface area (Å²) in [7, 11) is 1.97. The van der Waals surface area contributed by atoms with E-state index in [0.717, 1.165) is 11.4 Å². The number of fused-ring (bicyclic) bond motifs is 1. The van der Waals surface area contributed by atoms with Gasteiger partial charge in [-0.3, -0.25) is 4.79 Å². The quantitative estimate of drug-likeness (QED) is 0.627. The molecular formula is C11H15N3O. The van der Waals surface area contributed by atoms with Crippen molar-refractivity contribution in [3.05, 3.63) is 18.2 Å². The smallest absolute Gasteiger partial charge is 0.229 e. The number of anilines is 3. The zero-order valence-corrected chi connectivity index (χ0v) is 8.95. The van der Waals surface area contributed by atoms with Crippen molar-refractivity contribution in [2.45, 2.75) is 6.92 Å². The Kier molecular flexibility index (Phi) is 2.26. The van der Waals surface area contributed by atoms with E-state index in [2.05, 4.69) is 5.32 Å². The minimum Gasteiger partial charge on any atom is -0.399 e. The van der Waals surface area contributed by atoms with Crippen molar-refractivity contribution in [2.24, 2.45) is 5.92 Å². The Hall–Kier alpha value is -1.71. The molecule has 1 aliphatic rings. The van der Waals surface area contributed by atoms with E-state index in [4.69, 9.17) is 5.73 Å². The van der Waals surface area contributed by atoms with Crippen LogP contribution in [0.5, 0.6) is 0 Å². The first-order chi connectivity index (χ1) is 7.08. The summed E-state index contributed by atoms with van der Waals surface area (Å²) in [5.74, 6) is 0.0500. The highest BCUT2D eigenvalue weighted by Gasteiger charge is 2.22. The summed E-state index contributed by atoms with van der Waals surface area (Å²) in [4.78, 5) is 13.7. The van der Waals surface area contributed by atoms with Crippen LogP contribution in [0.3, 0.4) is 0 Å². The van der Waals surface area contributed by atoms with Gasteiger partial charge in [0, 0.05) is 19.3 Å². The van der Waals surface area contributed by atoms with Crippen LogP contribution in [0.4, 0.5) is 17.1 Å². The van der Waals surface area contributed by atoms with Gasteiger partial charge in [-0.15, -0.1) is 0 Å². The Morgan fingerprint density at radius 3 is 3.00 bits per heavy atom. The molecule has 4 heteroatoms. The summed E-state index contributed by atoms with van der Waals surface area (Å²) in [6.07, 6.45) is 0. The monoisotopic (exact) mass is 205 g/mol. The van der Waals surface area contributed by atoms with Gasteiger partial charge in [0.2, 0.25) is 5.91 Å². The Morgan fingerprint density at radius 1 is 1.53 bits per heavy atom. The first kappa shape index (κ1) is 9.83. The van der Waals surface area contributed by atoms with Crippen LogP contribution in [0, 0.1) is 5.92 Å². The first-order valence-corrected chi connectivity index (χ1v) is 4.99. The fourth-order valence-electron chi connectivity index (χ4n) is 1.82. The molecule has 15 heavy (non-hydrogen) atoms.